The monoisotopic (exact) mass is 296 g/mol. The van der Waals surface area contributed by atoms with Gasteiger partial charge in [0.25, 0.3) is 0 Å². The van der Waals surface area contributed by atoms with E-state index in [1.165, 1.54) is 11.6 Å². The fourth-order valence-electron chi connectivity index (χ4n) is 2.05. The molecule has 0 amide bonds. The van der Waals surface area contributed by atoms with Crippen LogP contribution in [0.2, 0.25) is 0 Å². The van der Waals surface area contributed by atoms with Gasteiger partial charge in [-0.1, -0.05) is 36.9 Å². The summed E-state index contributed by atoms with van der Waals surface area (Å²) in [5.74, 6) is 1.30. The van der Waals surface area contributed by atoms with Gasteiger partial charge in [0.1, 0.15) is 11.5 Å². The van der Waals surface area contributed by atoms with Crippen molar-refractivity contribution >= 4 is 5.97 Å². The first kappa shape index (κ1) is 15.8. The van der Waals surface area contributed by atoms with Crippen LogP contribution in [0.25, 0.3) is 0 Å². The van der Waals surface area contributed by atoms with Gasteiger partial charge in [0, 0.05) is 6.08 Å². The highest BCUT2D eigenvalue weighted by atomic mass is 16.5. The van der Waals surface area contributed by atoms with Crippen molar-refractivity contribution in [2.75, 3.05) is 6.61 Å². The molecule has 0 aliphatic carbocycles. The molecule has 0 unspecified atom stereocenters. The molecule has 0 N–H and O–H groups in total. The summed E-state index contributed by atoms with van der Waals surface area (Å²) < 4.78 is 10.8. The van der Waals surface area contributed by atoms with E-state index in [0.29, 0.717) is 6.61 Å². The summed E-state index contributed by atoms with van der Waals surface area (Å²) in [6.45, 7) is 3.80. The van der Waals surface area contributed by atoms with Crippen LogP contribution in [0.3, 0.4) is 0 Å². The largest absolute Gasteiger partial charge is 0.463 e. The highest BCUT2D eigenvalue weighted by molar-refractivity contribution is 5.81. The number of hydrogen-bond acceptors (Lipinski definition) is 3. The summed E-state index contributed by atoms with van der Waals surface area (Å²) in [5.41, 5.74) is 1.21. The quantitative estimate of drug-likeness (QED) is 0.408. The number of hydrogen-bond donors (Lipinski definition) is 0. The molecule has 3 nitrogen and oxygen atoms in total. The molecule has 0 heterocycles. The van der Waals surface area contributed by atoms with Crippen molar-refractivity contribution in [1.29, 1.82) is 0 Å². The number of unbranched alkanes of at least 4 members (excludes halogenated alkanes) is 1. The van der Waals surface area contributed by atoms with E-state index in [2.05, 4.69) is 12.6 Å². The van der Waals surface area contributed by atoms with Crippen molar-refractivity contribution in [2.24, 2.45) is 0 Å². The van der Waals surface area contributed by atoms with Crippen LogP contribution in [0.4, 0.5) is 0 Å². The molecule has 0 saturated carbocycles. The van der Waals surface area contributed by atoms with Gasteiger partial charge in [-0.3, -0.25) is 0 Å². The SMILES string of the molecule is C=CC(=O)OCCCCc1cccc(Oc2ccccc2)c1. The summed E-state index contributed by atoms with van der Waals surface area (Å²) in [6, 6.07) is 17.8. The van der Waals surface area contributed by atoms with Gasteiger partial charge in [-0.25, -0.2) is 4.79 Å². The second kappa shape index (κ2) is 8.67. The molecule has 0 radical (unpaired) electrons. The number of aryl methyl sites for hydroxylation is 1. The standard InChI is InChI=1S/C19H20O3/c1-2-19(20)21-14-7-6-9-16-10-8-13-18(15-16)22-17-11-4-3-5-12-17/h2-5,8,10-13,15H,1,6-7,9,14H2. The molecule has 0 atom stereocenters. The normalized spacial score (nSPS) is 10.0. The molecule has 0 saturated heterocycles. The Balaban J connectivity index is 1.79. The van der Waals surface area contributed by atoms with Gasteiger partial charge >= 0.3 is 5.97 Å². The van der Waals surface area contributed by atoms with E-state index in [4.69, 9.17) is 9.47 Å². The molecule has 3 heteroatoms. The van der Waals surface area contributed by atoms with Gasteiger partial charge in [-0.05, 0) is 49.1 Å². The summed E-state index contributed by atoms with van der Waals surface area (Å²) in [5, 5.41) is 0. The minimum atomic E-state index is -0.363. The topological polar surface area (TPSA) is 35.5 Å². The Kier molecular flexibility index (Phi) is 6.24. The van der Waals surface area contributed by atoms with E-state index >= 15 is 0 Å². The maximum Gasteiger partial charge on any atom is 0.330 e. The Hall–Kier alpha value is -2.55. The zero-order valence-corrected chi connectivity index (χ0v) is 12.5. The minimum absolute atomic E-state index is 0.363. The van der Waals surface area contributed by atoms with E-state index in [-0.39, 0.29) is 5.97 Å². The summed E-state index contributed by atoms with van der Waals surface area (Å²) in [7, 11) is 0. The zero-order valence-electron chi connectivity index (χ0n) is 12.5. The Labute approximate surface area is 131 Å². The number of esters is 1. The third-order valence-corrected chi connectivity index (χ3v) is 3.15. The molecule has 2 rings (SSSR count). The second-order valence-electron chi connectivity index (χ2n) is 4.89. The van der Waals surface area contributed by atoms with Crippen molar-refractivity contribution in [1.82, 2.24) is 0 Å². The first-order valence-electron chi connectivity index (χ1n) is 7.39. The maximum atomic E-state index is 10.9. The first-order valence-corrected chi connectivity index (χ1v) is 7.39. The molecule has 2 aromatic rings. The van der Waals surface area contributed by atoms with Crippen molar-refractivity contribution in [3.8, 4) is 11.5 Å². The molecular formula is C19H20O3. The highest BCUT2D eigenvalue weighted by Crippen LogP contribution is 2.22. The predicted molar refractivity (Wildman–Crippen MR) is 87.1 cm³/mol. The highest BCUT2D eigenvalue weighted by Gasteiger charge is 2.00. The van der Waals surface area contributed by atoms with Crippen molar-refractivity contribution < 1.29 is 14.3 Å². The van der Waals surface area contributed by atoms with Crippen LogP contribution in [0.15, 0.2) is 67.3 Å². The molecule has 0 fully saturated rings. The van der Waals surface area contributed by atoms with E-state index in [1.54, 1.807) is 0 Å². The predicted octanol–water partition coefficient (Wildman–Crippen LogP) is 4.53. The van der Waals surface area contributed by atoms with E-state index in [0.717, 1.165) is 30.8 Å². The molecule has 0 aromatic heterocycles. The third-order valence-electron chi connectivity index (χ3n) is 3.15. The fourth-order valence-corrected chi connectivity index (χ4v) is 2.05. The van der Waals surface area contributed by atoms with Crippen molar-refractivity contribution in [2.45, 2.75) is 19.3 Å². The van der Waals surface area contributed by atoms with Crippen molar-refractivity contribution in [3.63, 3.8) is 0 Å². The van der Waals surface area contributed by atoms with Gasteiger partial charge in [0.05, 0.1) is 6.61 Å². The first-order chi connectivity index (χ1) is 10.8. The minimum Gasteiger partial charge on any atom is -0.463 e. The maximum absolute atomic E-state index is 10.9. The number of benzene rings is 2. The average molecular weight is 296 g/mol. The van der Waals surface area contributed by atoms with Crippen LogP contribution in [0.1, 0.15) is 18.4 Å². The second-order valence-corrected chi connectivity index (χ2v) is 4.89. The van der Waals surface area contributed by atoms with Gasteiger partial charge < -0.3 is 9.47 Å². The van der Waals surface area contributed by atoms with Gasteiger partial charge in [0.15, 0.2) is 0 Å². The van der Waals surface area contributed by atoms with Crippen LogP contribution in [0.5, 0.6) is 11.5 Å². The Morgan fingerprint density at radius 3 is 2.55 bits per heavy atom. The molecule has 0 aliphatic heterocycles. The zero-order chi connectivity index (χ0) is 15.6. The molecule has 0 spiro atoms. The lowest BCUT2D eigenvalue weighted by atomic mass is 10.1. The average Bonchev–Trinajstić information content (AvgIpc) is 2.55. The van der Waals surface area contributed by atoms with Gasteiger partial charge in [0.2, 0.25) is 0 Å². The summed E-state index contributed by atoms with van der Waals surface area (Å²) >= 11 is 0. The molecular weight excluding hydrogens is 276 g/mol. The number of ether oxygens (including phenoxy) is 2. The number of para-hydroxylation sites is 1. The van der Waals surface area contributed by atoms with Crippen molar-refractivity contribution in [3.05, 3.63) is 72.8 Å². The number of carbonyl (C=O) groups excluding carboxylic acids is 1. The van der Waals surface area contributed by atoms with E-state index in [1.807, 2.05) is 48.5 Å². The molecule has 0 bridgehead atoms. The number of carbonyl (C=O) groups is 1. The van der Waals surface area contributed by atoms with Crippen LogP contribution in [0, 0.1) is 0 Å². The van der Waals surface area contributed by atoms with Crippen LogP contribution in [-0.4, -0.2) is 12.6 Å². The van der Waals surface area contributed by atoms with E-state index in [9.17, 15) is 4.79 Å². The molecule has 114 valence electrons. The third kappa shape index (κ3) is 5.44. The Morgan fingerprint density at radius 1 is 1.00 bits per heavy atom. The number of rotatable bonds is 8. The van der Waals surface area contributed by atoms with Gasteiger partial charge in [-0.2, -0.15) is 0 Å². The molecule has 0 aliphatic rings. The summed E-state index contributed by atoms with van der Waals surface area (Å²) in [4.78, 5) is 10.9. The molecule has 22 heavy (non-hydrogen) atoms. The van der Waals surface area contributed by atoms with Gasteiger partial charge in [-0.15, -0.1) is 0 Å². The van der Waals surface area contributed by atoms with Crippen LogP contribution >= 0.6 is 0 Å². The van der Waals surface area contributed by atoms with Crippen LogP contribution < -0.4 is 4.74 Å². The van der Waals surface area contributed by atoms with Crippen LogP contribution in [-0.2, 0) is 16.0 Å². The fraction of sp³-hybridized carbons (Fsp3) is 0.211. The lowest BCUT2D eigenvalue weighted by molar-refractivity contribution is -0.137. The summed E-state index contributed by atoms with van der Waals surface area (Å²) in [6.07, 6.45) is 3.91. The lowest BCUT2D eigenvalue weighted by Gasteiger charge is -2.08. The Bertz CT molecular complexity index is 605. The molecule has 2 aromatic carbocycles. The Morgan fingerprint density at radius 2 is 1.77 bits per heavy atom. The van der Waals surface area contributed by atoms with E-state index < -0.39 is 0 Å². The smallest absolute Gasteiger partial charge is 0.330 e. The lowest BCUT2D eigenvalue weighted by Crippen LogP contribution is -2.02.